The van der Waals surface area contributed by atoms with Crippen LogP contribution in [-0.2, 0) is 17.6 Å². The highest BCUT2D eigenvalue weighted by molar-refractivity contribution is 5.98. The fraction of sp³-hybridized carbons (Fsp3) is 0.522. The van der Waals surface area contributed by atoms with Crippen molar-refractivity contribution in [3.63, 3.8) is 0 Å². The van der Waals surface area contributed by atoms with Gasteiger partial charge in [0, 0.05) is 47.7 Å². The van der Waals surface area contributed by atoms with Crippen molar-refractivity contribution in [2.24, 2.45) is 0 Å². The number of ether oxygens (including phenoxy) is 1. The van der Waals surface area contributed by atoms with Gasteiger partial charge in [-0.05, 0) is 65.5 Å². The molecule has 1 amide bonds. The maximum absolute atomic E-state index is 12.6. The summed E-state index contributed by atoms with van der Waals surface area (Å²) in [6.45, 7) is 12.1. The predicted molar refractivity (Wildman–Crippen MR) is 110 cm³/mol. The van der Waals surface area contributed by atoms with E-state index in [1.54, 1.807) is 6.08 Å². The number of benzene rings is 1. The number of nitrogens with zero attached hydrogens (tertiary/aromatic N) is 1. The molecule has 0 atom stereocenters. The topological polar surface area (TPSA) is 42.7 Å². The van der Waals surface area contributed by atoms with Crippen molar-refractivity contribution < 1.29 is 13.9 Å². The highest BCUT2D eigenvalue weighted by Gasteiger charge is 2.23. The summed E-state index contributed by atoms with van der Waals surface area (Å²) in [5, 5.41) is 1.18. The third-order valence-corrected chi connectivity index (χ3v) is 5.56. The Morgan fingerprint density at radius 2 is 1.93 bits per heavy atom. The van der Waals surface area contributed by atoms with Crippen molar-refractivity contribution in [1.82, 2.24) is 4.90 Å². The van der Waals surface area contributed by atoms with Gasteiger partial charge in [0.05, 0.1) is 6.61 Å². The lowest BCUT2D eigenvalue weighted by atomic mass is 9.93. The predicted octanol–water partition coefficient (Wildman–Crippen LogP) is 5.29. The van der Waals surface area contributed by atoms with Crippen LogP contribution in [0, 0.1) is 6.92 Å². The average molecular weight is 370 g/mol. The van der Waals surface area contributed by atoms with Crippen LogP contribution >= 0.6 is 0 Å². The number of allylic oxidation sites excluding steroid dienone is 1. The molecule has 0 aliphatic heterocycles. The molecule has 146 valence electrons. The number of hydrogen-bond donors (Lipinski definition) is 0. The summed E-state index contributed by atoms with van der Waals surface area (Å²) in [5.41, 5.74) is 5.24. The maximum Gasteiger partial charge on any atom is 0.246 e. The van der Waals surface area contributed by atoms with Crippen LogP contribution in [0.5, 0.6) is 5.75 Å². The van der Waals surface area contributed by atoms with Gasteiger partial charge in [0.25, 0.3) is 0 Å². The quantitative estimate of drug-likeness (QED) is 0.650. The Morgan fingerprint density at radius 1 is 1.22 bits per heavy atom. The molecule has 27 heavy (non-hydrogen) atoms. The number of likely N-dealkylation sites (N-methyl/N-ethyl adjacent to an activating group) is 1. The van der Waals surface area contributed by atoms with Gasteiger partial charge < -0.3 is 14.1 Å². The Morgan fingerprint density at radius 3 is 2.59 bits per heavy atom. The minimum Gasteiger partial charge on any atom is -0.493 e. The summed E-state index contributed by atoms with van der Waals surface area (Å²) >= 11 is 0. The maximum atomic E-state index is 12.6. The first-order valence-corrected chi connectivity index (χ1v) is 10.2. The summed E-state index contributed by atoms with van der Waals surface area (Å²) in [7, 11) is 0. The van der Waals surface area contributed by atoms with E-state index in [0.717, 1.165) is 46.6 Å². The molecule has 0 N–H and O–H groups in total. The van der Waals surface area contributed by atoms with Gasteiger partial charge in [-0.1, -0.05) is 0 Å². The standard InChI is InChI=1S/C23H31NO3/c1-6-24(7-2)21(25)13-15(4)18-14-19-17-11-9-10-12-20(17)27-23(19)16(5)22(18)26-8-3/h13-14H,6-12H2,1-5H3/b15-13+. The second-order valence-electron chi connectivity index (χ2n) is 7.24. The smallest absolute Gasteiger partial charge is 0.246 e. The second kappa shape index (κ2) is 8.20. The van der Waals surface area contributed by atoms with Crippen molar-refractivity contribution in [3.8, 4) is 5.75 Å². The van der Waals surface area contributed by atoms with E-state index in [1.165, 1.54) is 23.8 Å². The number of carbonyl (C=O) groups is 1. The fourth-order valence-electron chi connectivity index (χ4n) is 4.05. The molecule has 1 aliphatic rings. The Hall–Kier alpha value is -2.23. The first-order chi connectivity index (χ1) is 13.0. The van der Waals surface area contributed by atoms with Crippen molar-refractivity contribution in [3.05, 3.63) is 34.6 Å². The molecule has 1 aliphatic carbocycles. The van der Waals surface area contributed by atoms with E-state index in [-0.39, 0.29) is 5.91 Å². The number of carbonyl (C=O) groups excluding carboxylic acids is 1. The molecule has 0 saturated heterocycles. The Balaban J connectivity index is 2.15. The number of fused-ring (bicyclic) bond motifs is 3. The molecule has 1 heterocycles. The lowest BCUT2D eigenvalue weighted by Crippen LogP contribution is -2.28. The largest absolute Gasteiger partial charge is 0.493 e. The van der Waals surface area contributed by atoms with E-state index in [9.17, 15) is 4.79 Å². The first kappa shape index (κ1) is 19.5. The van der Waals surface area contributed by atoms with Crippen LogP contribution in [0.3, 0.4) is 0 Å². The fourth-order valence-corrected chi connectivity index (χ4v) is 4.05. The Kier molecular flexibility index (Phi) is 5.93. The zero-order valence-electron chi connectivity index (χ0n) is 17.3. The normalized spacial score (nSPS) is 14.3. The molecule has 0 saturated carbocycles. The van der Waals surface area contributed by atoms with Gasteiger partial charge in [0.2, 0.25) is 5.91 Å². The SMILES string of the molecule is CCOc1c(/C(C)=C/C(=O)N(CC)CC)cc2c3c(oc2c1C)CCCC3. The third kappa shape index (κ3) is 3.62. The molecule has 4 heteroatoms. The molecular weight excluding hydrogens is 338 g/mol. The summed E-state index contributed by atoms with van der Waals surface area (Å²) in [6.07, 6.45) is 6.21. The summed E-state index contributed by atoms with van der Waals surface area (Å²) in [6, 6.07) is 2.17. The number of rotatable bonds is 6. The molecule has 1 aromatic heterocycles. The first-order valence-electron chi connectivity index (χ1n) is 10.2. The minimum absolute atomic E-state index is 0.0481. The molecule has 1 aromatic carbocycles. The Bertz CT molecular complexity index is 872. The molecular formula is C23H31NO3. The molecule has 0 bridgehead atoms. The number of hydrogen-bond acceptors (Lipinski definition) is 3. The van der Waals surface area contributed by atoms with Gasteiger partial charge in [-0.2, -0.15) is 0 Å². The van der Waals surface area contributed by atoms with E-state index >= 15 is 0 Å². The van der Waals surface area contributed by atoms with Gasteiger partial charge in [-0.15, -0.1) is 0 Å². The number of aryl methyl sites for hydroxylation is 3. The zero-order valence-corrected chi connectivity index (χ0v) is 17.3. The monoisotopic (exact) mass is 369 g/mol. The number of furan rings is 1. The lowest BCUT2D eigenvalue weighted by Gasteiger charge is -2.18. The van der Waals surface area contributed by atoms with Crippen molar-refractivity contribution in [1.29, 1.82) is 0 Å². The summed E-state index contributed by atoms with van der Waals surface area (Å²) in [4.78, 5) is 14.4. The second-order valence-corrected chi connectivity index (χ2v) is 7.24. The molecule has 0 fully saturated rings. The van der Waals surface area contributed by atoms with Gasteiger partial charge in [-0.3, -0.25) is 4.79 Å². The number of amides is 1. The van der Waals surface area contributed by atoms with E-state index in [1.807, 2.05) is 32.6 Å². The molecule has 0 unspecified atom stereocenters. The van der Waals surface area contributed by atoms with E-state index < -0.39 is 0 Å². The molecule has 0 radical (unpaired) electrons. The zero-order chi connectivity index (χ0) is 19.6. The van der Waals surface area contributed by atoms with E-state index in [4.69, 9.17) is 9.15 Å². The van der Waals surface area contributed by atoms with Crippen molar-refractivity contribution in [2.75, 3.05) is 19.7 Å². The van der Waals surface area contributed by atoms with Crippen LogP contribution in [0.15, 0.2) is 16.6 Å². The highest BCUT2D eigenvalue weighted by atomic mass is 16.5. The van der Waals surface area contributed by atoms with Gasteiger partial charge in [-0.25, -0.2) is 0 Å². The summed E-state index contributed by atoms with van der Waals surface area (Å²) < 4.78 is 12.2. The van der Waals surface area contributed by atoms with E-state index in [2.05, 4.69) is 13.0 Å². The van der Waals surface area contributed by atoms with Crippen LogP contribution < -0.4 is 4.74 Å². The van der Waals surface area contributed by atoms with Gasteiger partial charge in [0.15, 0.2) is 0 Å². The molecule has 3 rings (SSSR count). The molecule has 0 spiro atoms. The van der Waals surface area contributed by atoms with Gasteiger partial charge in [0.1, 0.15) is 17.1 Å². The lowest BCUT2D eigenvalue weighted by molar-refractivity contribution is -0.125. The van der Waals surface area contributed by atoms with E-state index in [0.29, 0.717) is 19.7 Å². The molecule has 4 nitrogen and oxygen atoms in total. The van der Waals surface area contributed by atoms with Crippen LogP contribution in [0.2, 0.25) is 0 Å². The van der Waals surface area contributed by atoms with Crippen LogP contribution in [0.1, 0.15) is 63.0 Å². The minimum atomic E-state index is 0.0481. The van der Waals surface area contributed by atoms with Crippen molar-refractivity contribution in [2.45, 2.75) is 60.3 Å². The summed E-state index contributed by atoms with van der Waals surface area (Å²) in [5.74, 6) is 2.00. The highest BCUT2D eigenvalue weighted by Crippen LogP contribution is 2.41. The Labute approximate surface area is 162 Å². The van der Waals surface area contributed by atoms with Crippen LogP contribution in [-0.4, -0.2) is 30.5 Å². The van der Waals surface area contributed by atoms with Crippen LogP contribution in [0.25, 0.3) is 16.5 Å². The molecule has 2 aromatic rings. The van der Waals surface area contributed by atoms with Crippen LogP contribution in [0.4, 0.5) is 0 Å². The average Bonchev–Trinajstić information content (AvgIpc) is 3.04. The third-order valence-electron chi connectivity index (χ3n) is 5.56. The van der Waals surface area contributed by atoms with Gasteiger partial charge >= 0.3 is 0 Å². The van der Waals surface area contributed by atoms with Crippen molar-refractivity contribution >= 4 is 22.4 Å².